The zero-order valence-electron chi connectivity index (χ0n) is 10.3. The maximum Gasteiger partial charge on any atom is 0.244 e. The van der Waals surface area contributed by atoms with Crippen molar-refractivity contribution >= 4 is 43.2 Å². The molecule has 0 amide bonds. The number of nitrogen functional groups attached to an aromatic ring is 1. The molecule has 0 radical (unpaired) electrons. The van der Waals surface area contributed by atoms with E-state index < -0.39 is 45.2 Å². The van der Waals surface area contributed by atoms with E-state index in [9.17, 15) is 12.8 Å². The molecule has 0 heterocycles. The normalized spacial score (nSPS) is 12.7. The number of nitrogens with two attached hydrogens (primary N) is 1. The summed E-state index contributed by atoms with van der Waals surface area (Å²) in [5.41, 5.74) is 3.42. The highest BCUT2D eigenvalue weighted by molar-refractivity contribution is 9.10. The third kappa shape index (κ3) is 3.41. The molecular formula is C10H13BrClFN2O4S. The van der Waals surface area contributed by atoms with E-state index in [1.54, 1.807) is 0 Å². The number of halogens is 3. The first-order chi connectivity index (χ1) is 9.08. The number of sulfonamides is 1. The van der Waals surface area contributed by atoms with Gasteiger partial charge in [0, 0.05) is 0 Å². The minimum atomic E-state index is -4.36. The van der Waals surface area contributed by atoms with Crippen LogP contribution in [0, 0.1) is 5.82 Å². The van der Waals surface area contributed by atoms with Gasteiger partial charge in [-0.15, -0.1) is 0 Å². The minimum Gasteiger partial charge on any atom is -0.395 e. The third-order valence-electron chi connectivity index (χ3n) is 2.52. The second-order valence-electron chi connectivity index (χ2n) is 4.38. The fraction of sp³-hybridized carbons (Fsp3) is 0.400. The van der Waals surface area contributed by atoms with E-state index in [2.05, 4.69) is 15.9 Å². The van der Waals surface area contributed by atoms with Crippen LogP contribution in [0.15, 0.2) is 15.4 Å². The van der Waals surface area contributed by atoms with Gasteiger partial charge in [0.25, 0.3) is 0 Å². The van der Waals surface area contributed by atoms with Crippen LogP contribution in [0.2, 0.25) is 5.02 Å². The Kier molecular flexibility index (Phi) is 5.39. The number of hydrogen-bond acceptors (Lipinski definition) is 5. The average molecular weight is 392 g/mol. The summed E-state index contributed by atoms with van der Waals surface area (Å²) in [6.45, 7) is -0.0968. The molecule has 0 aliphatic carbocycles. The Balaban J connectivity index is 3.38. The van der Waals surface area contributed by atoms with Crippen LogP contribution in [-0.2, 0) is 10.0 Å². The summed E-state index contributed by atoms with van der Waals surface area (Å²) in [5.74, 6) is -1.17. The molecule has 1 aromatic carbocycles. The molecule has 0 aromatic heterocycles. The Morgan fingerprint density at radius 2 is 2.00 bits per heavy atom. The largest absolute Gasteiger partial charge is 0.395 e. The summed E-state index contributed by atoms with van der Waals surface area (Å²) in [6, 6.07) is 0.884. The monoisotopic (exact) mass is 390 g/mol. The first-order valence-electron chi connectivity index (χ1n) is 5.26. The minimum absolute atomic E-state index is 0.0442. The summed E-state index contributed by atoms with van der Waals surface area (Å²) >= 11 is 8.68. The topological polar surface area (TPSA) is 113 Å². The highest BCUT2D eigenvalue weighted by Gasteiger charge is 2.32. The Bertz CT molecular complexity index is 622. The van der Waals surface area contributed by atoms with E-state index >= 15 is 0 Å². The van der Waals surface area contributed by atoms with Crippen molar-refractivity contribution in [1.82, 2.24) is 4.72 Å². The zero-order valence-corrected chi connectivity index (χ0v) is 13.5. The van der Waals surface area contributed by atoms with Crippen LogP contribution in [-0.4, -0.2) is 37.4 Å². The molecule has 0 aliphatic rings. The number of aliphatic hydroxyl groups is 2. The van der Waals surface area contributed by atoms with Crippen LogP contribution < -0.4 is 10.5 Å². The third-order valence-corrected chi connectivity index (χ3v) is 5.54. The van der Waals surface area contributed by atoms with Crippen molar-refractivity contribution in [2.24, 2.45) is 0 Å². The van der Waals surface area contributed by atoms with E-state index in [0.29, 0.717) is 0 Å². The molecule has 20 heavy (non-hydrogen) atoms. The van der Waals surface area contributed by atoms with Crippen LogP contribution >= 0.6 is 27.5 Å². The lowest BCUT2D eigenvalue weighted by Gasteiger charge is -2.26. The molecule has 0 saturated carbocycles. The first-order valence-corrected chi connectivity index (χ1v) is 7.92. The van der Waals surface area contributed by atoms with Crippen molar-refractivity contribution < 1.29 is 23.0 Å². The number of nitrogens with one attached hydrogen (secondary N) is 1. The molecule has 0 bridgehead atoms. The molecule has 5 N–H and O–H groups in total. The van der Waals surface area contributed by atoms with Gasteiger partial charge in [-0.05, 0) is 28.9 Å². The second kappa shape index (κ2) is 6.12. The molecule has 114 valence electrons. The van der Waals surface area contributed by atoms with Crippen LogP contribution in [0.1, 0.15) is 6.92 Å². The molecule has 1 rings (SSSR count). The van der Waals surface area contributed by atoms with Crippen LogP contribution in [0.4, 0.5) is 10.1 Å². The SMILES string of the molecule is CC(CO)(CO)NS(=O)(=O)c1cc(Cl)c(Br)c(N)c1F. The van der Waals surface area contributed by atoms with Gasteiger partial charge < -0.3 is 15.9 Å². The molecule has 1 aromatic rings. The van der Waals surface area contributed by atoms with Crippen molar-refractivity contribution in [1.29, 1.82) is 0 Å². The summed E-state index contributed by atoms with van der Waals surface area (Å²) in [4.78, 5) is -0.767. The van der Waals surface area contributed by atoms with Gasteiger partial charge in [-0.25, -0.2) is 17.5 Å². The maximum absolute atomic E-state index is 14.0. The molecule has 6 nitrogen and oxygen atoms in total. The van der Waals surface area contributed by atoms with Crippen molar-refractivity contribution in [3.63, 3.8) is 0 Å². The van der Waals surface area contributed by atoms with Gasteiger partial charge in [-0.2, -0.15) is 0 Å². The molecule has 0 atom stereocenters. The average Bonchev–Trinajstić information content (AvgIpc) is 2.39. The van der Waals surface area contributed by atoms with E-state index in [1.165, 1.54) is 6.92 Å². The van der Waals surface area contributed by atoms with Gasteiger partial charge in [0.05, 0.1) is 33.9 Å². The van der Waals surface area contributed by atoms with Crippen molar-refractivity contribution in [2.45, 2.75) is 17.4 Å². The lowest BCUT2D eigenvalue weighted by atomic mass is 10.1. The first kappa shape index (κ1) is 17.6. The molecule has 0 saturated heterocycles. The standard InChI is InChI=1S/C10H13BrClFN2O4S/c1-10(3-16,4-17)15-20(18,19)6-2-5(12)7(11)9(14)8(6)13/h2,15-17H,3-4,14H2,1H3. The number of benzene rings is 1. The molecule has 0 unspecified atom stereocenters. The van der Waals surface area contributed by atoms with E-state index in [0.717, 1.165) is 6.07 Å². The summed E-state index contributed by atoms with van der Waals surface area (Å²) in [6.07, 6.45) is 0. The highest BCUT2D eigenvalue weighted by Crippen LogP contribution is 2.34. The number of anilines is 1. The second-order valence-corrected chi connectivity index (χ2v) is 7.23. The highest BCUT2D eigenvalue weighted by atomic mass is 79.9. The maximum atomic E-state index is 14.0. The van der Waals surface area contributed by atoms with Gasteiger partial charge in [0.15, 0.2) is 5.82 Å². The number of rotatable bonds is 5. The van der Waals surface area contributed by atoms with Crippen LogP contribution in [0.25, 0.3) is 0 Å². The zero-order chi connectivity index (χ0) is 15.7. The van der Waals surface area contributed by atoms with Crippen LogP contribution in [0.3, 0.4) is 0 Å². The Labute approximate surface area is 128 Å². The van der Waals surface area contributed by atoms with Crippen molar-refractivity contribution in [2.75, 3.05) is 18.9 Å². The molecular weight excluding hydrogens is 379 g/mol. The lowest BCUT2D eigenvalue weighted by Crippen LogP contribution is -2.51. The van der Waals surface area contributed by atoms with Gasteiger partial charge in [0.2, 0.25) is 10.0 Å². The molecule has 10 heteroatoms. The molecule has 0 aliphatic heterocycles. The van der Waals surface area contributed by atoms with Crippen molar-refractivity contribution in [3.05, 3.63) is 21.4 Å². The van der Waals surface area contributed by atoms with Crippen LogP contribution in [0.5, 0.6) is 0 Å². The quantitative estimate of drug-likeness (QED) is 0.439. The van der Waals surface area contributed by atoms with Gasteiger partial charge >= 0.3 is 0 Å². The predicted molar refractivity (Wildman–Crippen MR) is 76.4 cm³/mol. The molecule has 0 spiro atoms. The van der Waals surface area contributed by atoms with E-state index in [-0.39, 0.29) is 9.50 Å². The van der Waals surface area contributed by atoms with Gasteiger partial charge in [-0.1, -0.05) is 11.6 Å². The van der Waals surface area contributed by atoms with E-state index in [4.69, 9.17) is 27.5 Å². The Morgan fingerprint density at radius 3 is 2.45 bits per heavy atom. The lowest BCUT2D eigenvalue weighted by molar-refractivity contribution is 0.121. The predicted octanol–water partition coefficient (Wildman–Crippen LogP) is 0.845. The summed E-state index contributed by atoms with van der Waals surface area (Å²) < 4.78 is 40.2. The summed E-state index contributed by atoms with van der Waals surface area (Å²) in [5, 5.41) is 18.1. The fourth-order valence-corrected chi connectivity index (χ4v) is 3.36. The Hall–Kier alpha value is -0.450. The Morgan fingerprint density at radius 1 is 1.50 bits per heavy atom. The molecule has 0 fully saturated rings. The van der Waals surface area contributed by atoms with Gasteiger partial charge in [0.1, 0.15) is 4.90 Å². The van der Waals surface area contributed by atoms with E-state index in [1.807, 2.05) is 4.72 Å². The number of aliphatic hydroxyl groups excluding tert-OH is 2. The fourth-order valence-electron chi connectivity index (χ4n) is 1.29. The number of hydrogen-bond donors (Lipinski definition) is 4. The summed E-state index contributed by atoms with van der Waals surface area (Å²) in [7, 11) is -4.36. The smallest absolute Gasteiger partial charge is 0.244 e. The van der Waals surface area contributed by atoms with Gasteiger partial charge in [-0.3, -0.25) is 0 Å². The van der Waals surface area contributed by atoms with Crippen molar-refractivity contribution in [3.8, 4) is 0 Å².